The number of anilines is 1. The summed E-state index contributed by atoms with van der Waals surface area (Å²) >= 11 is 0. The fourth-order valence-corrected chi connectivity index (χ4v) is 4.25. The number of hydrogen-bond acceptors (Lipinski definition) is 5. The molecule has 1 amide bonds. The van der Waals surface area contributed by atoms with Gasteiger partial charge in [-0.3, -0.25) is 4.79 Å². The van der Waals surface area contributed by atoms with Crippen molar-refractivity contribution in [2.75, 3.05) is 24.5 Å². The summed E-state index contributed by atoms with van der Waals surface area (Å²) < 4.78 is 15.0. The number of hydrogen-bond donors (Lipinski definition) is 1. The summed E-state index contributed by atoms with van der Waals surface area (Å²) in [6.45, 7) is 8.61. The van der Waals surface area contributed by atoms with Crippen molar-refractivity contribution >= 4 is 17.4 Å². The zero-order chi connectivity index (χ0) is 21.8. The van der Waals surface area contributed by atoms with Gasteiger partial charge in [-0.15, -0.1) is 15.3 Å². The first-order chi connectivity index (χ1) is 14.8. The maximum Gasteiger partial charge on any atom is 0.230 e. The third-order valence-electron chi connectivity index (χ3n) is 6.33. The fraction of sp³-hybridized carbons (Fsp3) is 0.478. The van der Waals surface area contributed by atoms with E-state index in [-0.39, 0.29) is 17.1 Å². The zero-order valence-corrected chi connectivity index (χ0v) is 18.1. The number of benzene rings is 1. The number of fused-ring (bicyclic) bond motifs is 1. The van der Waals surface area contributed by atoms with Gasteiger partial charge in [-0.25, -0.2) is 4.39 Å². The van der Waals surface area contributed by atoms with E-state index in [0.717, 1.165) is 48.8 Å². The molecule has 1 aromatic carbocycles. The zero-order valence-electron chi connectivity index (χ0n) is 18.1. The largest absolute Gasteiger partial charge is 0.355 e. The van der Waals surface area contributed by atoms with Crippen LogP contribution in [0, 0.1) is 11.7 Å². The van der Waals surface area contributed by atoms with Crippen LogP contribution in [-0.2, 0) is 15.6 Å². The SMILES string of the molecule is CC(C)(C)c1nnc2ccc(N3CC(CNC(=O)C4(c5ccc(F)cc5)CC4)C3)nn12. The first kappa shape index (κ1) is 19.9. The van der Waals surface area contributed by atoms with Gasteiger partial charge in [0.25, 0.3) is 0 Å². The standard InChI is InChI=1S/C23H27FN6O/c1-22(2,3)20-27-26-18-8-9-19(28-30(18)20)29-13-15(14-29)12-25-21(31)23(10-11-23)16-4-6-17(24)7-5-16/h4-9,15H,10-14H2,1-3H3,(H,25,31). The Morgan fingerprint density at radius 2 is 1.84 bits per heavy atom. The van der Waals surface area contributed by atoms with Crippen molar-refractivity contribution in [1.29, 1.82) is 0 Å². The van der Waals surface area contributed by atoms with Crippen molar-refractivity contribution in [3.63, 3.8) is 0 Å². The van der Waals surface area contributed by atoms with E-state index in [9.17, 15) is 9.18 Å². The highest BCUT2D eigenvalue weighted by atomic mass is 19.1. The predicted octanol–water partition coefficient (Wildman–Crippen LogP) is 2.85. The Kier molecular flexibility index (Phi) is 4.50. The molecule has 1 saturated carbocycles. The molecule has 1 aliphatic heterocycles. The Labute approximate surface area is 180 Å². The second kappa shape index (κ2) is 7.00. The van der Waals surface area contributed by atoms with Crippen molar-refractivity contribution in [3.05, 3.63) is 53.6 Å². The third-order valence-corrected chi connectivity index (χ3v) is 6.33. The summed E-state index contributed by atoms with van der Waals surface area (Å²) in [4.78, 5) is 15.0. The van der Waals surface area contributed by atoms with Gasteiger partial charge in [0.05, 0.1) is 5.41 Å². The molecule has 0 spiro atoms. The van der Waals surface area contributed by atoms with E-state index < -0.39 is 5.41 Å². The lowest BCUT2D eigenvalue weighted by Gasteiger charge is -2.40. The Bertz CT molecular complexity index is 1120. The lowest BCUT2D eigenvalue weighted by molar-refractivity contribution is -0.123. The number of aromatic nitrogens is 4. The maximum absolute atomic E-state index is 13.2. The predicted molar refractivity (Wildman–Crippen MR) is 116 cm³/mol. The molecule has 31 heavy (non-hydrogen) atoms. The molecule has 3 aromatic rings. The molecule has 2 aromatic heterocycles. The third kappa shape index (κ3) is 3.54. The van der Waals surface area contributed by atoms with Gasteiger partial charge < -0.3 is 10.2 Å². The number of halogens is 1. The van der Waals surface area contributed by atoms with Crippen molar-refractivity contribution < 1.29 is 9.18 Å². The van der Waals surface area contributed by atoms with Crippen molar-refractivity contribution in [1.82, 2.24) is 25.1 Å². The Hall–Kier alpha value is -3.03. The van der Waals surface area contributed by atoms with Crippen LogP contribution in [0.15, 0.2) is 36.4 Å². The van der Waals surface area contributed by atoms with Crippen LogP contribution < -0.4 is 10.2 Å². The number of nitrogens with zero attached hydrogens (tertiary/aromatic N) is 5. The number of amides is 1. The van der Waals surface area contributed by atoms with E-state index >= 15 is 0 Å². The smallest absolute Gasteiger partial charge is 0.230 e. The van der Waals surface area contributed by atoms with Crippen LogP contribution in [0.1, 0.15) is 45.0 Å². The van der Waals surface area contributed by atoms with Crippen LogP contribution in [0.4, 0.5) is 10.2 Å². The van der Waals surface area contributed by atoms with Crippen molar-refractivity contribution in [3.8, 4) is 0 Å². The highest BCUT2D eigenvalue weighted by molar-refractivity contribution is 5.91. The van der Waals surface area contributed by atoms with Gasteiger partial charge in [-0.1, -0.05) is 32.9 Å². The van der Waals surface area contributed by atoms with Crippen LogP contribution in [0.25, 0.3) is 5.65 Å². The first-order valence-electron chi connectivity index (χ1n) is 10.8. The molecule has 1 N–H and O–H groups in total. The van der Waals surface area contributed by atoms with E-state index in [4.69, 9.17) is 5.10 Å². The van der Waals surface area contributed by atoms with Gasteiger partial charge in [-0.2, -0.15) is 4.52 Å². The maximum atomic E-state index is 13.2. The van der Waals surface area contributed by atoms with Gasteiger partial charge in [0.1, 0.15) is 11.6 Å². The second-order valence-electron chi connectivity index (χ2n) is 9.81. The van der Waals surface area contributed by atoms with Gasteiger partial charge in [0.2, 0.25) is 5.91 Å². The second-order valence-corrected chi connectivity index (χ2v) is 9.81. The molecular formula is C23H27FN6O. The number of carbonyl (C=O) groups excluding carboxylic acids is 1. The van der Waals surface area contributed by atoms with E-state index in [1.165, 1.54) is 12.1 Å². The fourth-order valence-electron chi connectivity index (χ4n) is 4.25. The Morgan fingerprint density at radius 1 is 1.13 bits per heavy atom. The molecule has 7 nitrogen and oxygen atoms in total. The number of nitrogens with one attached hydrogen (secondary N) is 1. The van der Waals surface area contributed by atoms with E-state index in [1.807, 2.05) is 16.6 Å². The van der Waals surface area contributed by atoms with Crippen LogP contribution in [0.3, 0.4) is 0 Å². The molecule has 1 aliphatic carbocycles. The summed E-state index contributed by atoms with van der Waals surface area (Å²) in [6.07, 6.45) is 1.64. The minimum absolute atomic E-state index is 0.0522. The average molecular weight is 423 g/mol. The molecule has 0 unspecified atom stereocenters. The summed E-state index contributed by atoms with van der Waals surface area (Å²) in [5, 5.41) is 16.4. The number of carbonyl (C=O) groups is 1. The minimum Gasteiger partial charge on any atom is -0.355 e. The molecule has 2 fully saturated rings. The monoisotopic (exact) mass is 422 g/mol. The van der Waals surface area contributed by atoms with Gasteiger partial charge in [0, 0.05) is 31.0 Å². The summed E-state index contributed by atoms with van der Waals surface area (Å²) in [6, 6.07) is 10.2. The summed E-state index contributed by atoms with van der Waals surface area (Å²) in [5.74, 6) is 1.89. The molecule has 5 rings (SSSR count). The highest BCUT2D eigenvalue weighted by Crippen LogP contribution is 2.48. The molecule has 1 saturated heterocycles. The molecule has 2 aliphatic rings. The van der Waals surface area contributed by atoms with Gasteiger partial charge in [-0.05, 0) is 42.7 Å². The molecular weight excluding hydrogens is 395 g/mol. The lowest BCUT2D eigenvalue weighted by Crippen LogP contribution is -2.52. The lowest BCUT2D eigenvalue weighted by atomic mass is 9.94. The highest BCUT2D eigenvalue weighted by Gasteiger charge is 2.51. The van der Waals surface area contributed by atoms with E-state index in [2.05, 4.69) is 41.2 Å². The topological polar surface area (TPSA) is 75.4 Å². The molecule has 162 valence electrons. The normalized spacial score (nSPS) is 18.1. The minimum atomic E-state index is -0.471. The molecule has 0 radical (unpaired) electrons. The van der Waals surface area contributed by atoms with Crippen LogP contribution in [0.2, 0.25) is 0 Å². The quantitative estimate of drug-likeness (QED) is 0.684. The molecule has 0 atom stereocenters. The molecule has 0 bridgehead atoms. The number of rotatable bonds is 5. The van der Waals surface area contributed by atoms with E-state index in [0.29, 0.717) is 12.5 Å². The molecule has 8 heteroatoms. The van der Waals surface area contributed by atoms with Gasteiger partial charge in [0.15, 0.2) is 11.5 Å². The van der Waals surface area contributed by atoms with Crippen LogP contribution >= 0.6 is 0 Å². The van der Waals surface area contributed by atoms with Crippen molar-refractivity contribution in [2.45, 2.75) is 44.4 Å². The summed E-state index contributed by atoms with van der Waals surface area (Å²) in [7, 11) is 0. The van der Waals surface area contributed by atoms with E-state index in [1.54, 1.807) is 12.1 Å². The Balaban J connectivity index is 1.19. The average Bonchev–Trinajstić information content (AvgIpc) is 3.39. The molecule has 3 heterocycles. The van der Waals surface area contributed by atoms with Gasteiger partial charge >= 0.3 is 0 Å². The van der Waals surface area contributed by atoms with Crippen molar-refractivity contribution in [2.24, 2.45) is 5.92 Å². The Morgan fingerprint density at radius 3 is 2.48 bits per heavy atom. The summed E-state index contributed by atoms with van der Waals surface area (Å²) in [5.41, 5.74) is 1.04. The van der Waals surface area contributed by atoms with Crippen LogP contribution in [-0.4, -0.2) is 45.4 Å². The van der Waals surface area contributed by atoms with Crippen LogP contribution in [0.5, 0.6) is 0 Å². The first-order valence-corrected chi connectivity index (χ1v) is 10.8.